The van der Waals surface area contributed by atoms with Crippen LogP contribution in [-0.4, -0.2) is 40.7 Å². The van der Waals surface area contributed by atoms with E-state index in [0.29, 0.717) is 11.3 Å². The maximum atomic E-state index is 12.8. The first-order chi connectivity index (χ1) is 14.6. The van der Waals surface area contributed by atoms with E-state index in [0.717, 1.165) is 36.4 Å². The Morgan fingerprint density at radius 2 is 1.74 bits per heavy atom. The van der Waals surface area contributed by atoms with Crippen LogP contribution >= 0.6 is 0 Å². The van der Waals surface area contributed by atoms with Gasteiger partial charge in [0.2, 0.25) is 10.0 Å². The number of sulfonamides is 1. The Labute approximate surface area is 186 Å². The molecule has 31 heavy (non-hydrogen) atoms. The number of carbonyl (C=O) groups excluding carboxylic acids is 1. The summed E-state index contributed by atoms with van der Waals surface area (Å²) < 4.78 is 24.8. The number of amides is 1. The number of hydrogen-bond acceptors (Lipinski definition) is 4. The van der Waals surface area contributed by atoms with E-state index in [9.17, 15) is 13.2 Å². The second-order valence-electron chi connectivity index (χ2n) is 8.69. The summed E-state index contributed by atoms with van der Waals surface area (Å²) in [6, 6.07) is 13.3. The lowest BCUT2D eigenvalue weighted by Gasteiger charge is -2.32. The summed E-state index contributed by atoms with van der Waals surface area (Å²) >= 11 is 0. The molecule has 0 aromatic heterocycles. The number of anilines is 2. The Morgan fingerprint density at radius 3 is 2.29 bits per heavy atom. The molecule has 1 N–H and O–H groups in total. The molecule has 3 rings (SSSR count). The first kappa shape index (κ1) is 23.1. The molecule has 2 aromatic carbocycles. The van der Waals surface area contributed by atoms with Crippen LogP contribution in [-0.2, 0) is 10.0 Å². The molecule has 1 unspecified atom stereocenters. The summed E-state index contributed by atoms with van der Waals surface area (Å²) in [4.78, 5) is 15.2. The zero-order valence-electron chi connectivity index (χ0n) is 19.1. The Kier molecular flexibility index (Phi) is 6.94. The fourth-order valence-electron chi connectivity index (χ4n) is 3.93. The molecule has 2 aromatic rings. The van der Waals surface area contributed by atoms with Crippen LogP contribution in [0.2, 0.25) is 0 Å². The van der Waals surface area contributed by atoms with E-state index in [1.54, 1.807) is 25.1 Å². The zero-order valence-corrected chi connectivity index (χ0v) is 19.9. The second-order valence-corrected chi connectivity index (χ2v) is 10.7. The van der Waals surface area contributed by atoms with Crippen LogP contribution in [0.3, 0.4) is 0 Å². The molecule has 0 aliphatic carbocycles. The van der Waals surface area contributed by atoms with Crippen molar-refractivity contribution in [2.45, 2.75) is 39.7 Å². The lowest BCUT2D eigenvalue weighted by atomic mass is 9.98. The van der Waals surface area contributed by atoms with Gasteiger partial charge in [0, 0.05) is 31.4 Å². The van der Waals surface area contributed by atoms with E-state index in [1.807, 2.05) is 6.92 Å². The number of rotatable bonds is 6. The number of piperidine rings is 1. The van der Waals surface area contributed by atoms with Gasteiger partial charge in [0.25, 0.3) is 5.91 Å². The number of hydrogen-bond donors (Lipinski definition) is 1. The molecular formula is C24H33N3O3S. The van der Waals surface area contributed by atoms with Crippen molar-refractivity contribution in [1.82, 2.24) is 5.32 Å². The minimum Gasteiger partial charge on any atom is -0.372 e. The van der Waals surface area contributed by atoms with Gasteiger partial charge >= 0.3 is 0 Å². The lowest BCUT2D eigenvalue weighted by Crippen LogP contribution is -2.32. The van der Waals surface area contributed by atoms with Crippen molar-refractivity contribution in [2.75, 3.05) is 35.6 Å². The van der Waals surface area contributed by atoms with E-state index in [2.05, 4.69) is 41.4 Å². The van der Waals surface area contributed by atoms with Crippen LogP contribution in [0.15, 0.2) is 42.5 Å². The first-order valence-electron chi connectivity index (χ1n) is 10.8. The van der Waals surface area contributed by atoms with Gasteiger partial charge in [0.1, 0.15) is 0 Å². The Hall–Kier alpha value is -2.54. The molecule has 0 spiro atoms. The van der Waals surface area contributed by atoms with Crippen molar-refractivity contribution in [3.05, 3.63) is 59.2 Å². The third-order valence-electron chi connectivity index (χ3n) is 6.19. The highest BCUT2D eigenvalue weighted by atomic mass is 32.2. The third-order valence-corrected chi connectivity index (χ3v) is 7.38. The van der Waals surface area contributed by atoms with Crippen LogP contribution in [0.5, 0.6) is 0 Å². The topological polar surface area (TPSA) is 69.7 Å². The number of aryl methyl sites for hydroxylation is 1. The van der Waals surface area contributed by atoms with Gasteiger partial charge in [-0.3, -0.25) is 9.10 Å². The van der Waals surface area contributed by atoms with Crippen molar-refractivity contribution < 1.29 is 13.2 Å². The van der Waals surface area contributed by atoms with Gasteiger partial charge in [-0.05, 0) is 74.1 Å². The monoisotopic (exact) mass is 443 g/mol. The normalized spacial score (nSPS) is 16.1. The number of carbonyl (C=O) groups is 1. The minimum absolute atomic E-state index is 0.137. The minimum atomic E-state index is -3.35. The molecule has 0 saturated carbocycles. The number of nitrogens with one attached hydrogen (secondary N) is 1. The molecule has 1 heterocycles. The molecule has 7 heteroatoms. The quantitative estimate of drug-likeness (QED) is 0.729. The molecule has 1 saturated heterocycles. The van der Waals surface area contributed by atoms with Crippen molar-refractivity contribution >= 4 is 27.3 Å². The molecule has 1 aliphatic rings. The van der Waals surface area contributed by atoms with E-state index < -0.39 is 10.0 Å². The standard InChI is InChI=1S/C24H33N3O3S/c1-17-12-14-27(15-13-17)22-9-6-20(7-10-22)19(3)25-24(28)21-8-11-23(18(2)16-21)26(4)31(5,29)30/h6-11,16-17,19H,12-15H2,1-5H3,(H,25,28). The smallest absolute Gasteiger partial charge is 0.251 e. The van der Waals surface area contributed by atoms with Crippen molar-refractivity contribution in [3.63, 3.8) is 0 Å². The summed E-state index contributed by atoms with van der Waals surface area (Å²) in [5, 5.41) is 3.04. The van der Waals surface area contributed by atoms with Gasteiger partial charge in [0.15, 0.2) is 0 Å². The fraction of sp³-hybridized carbons (Fsp3) is 0.458. The van der Waals surface area contributed by atoms with Crippen LogP contribution in [0.1, 0.15) is 54.2 Å². The Balaban J connectivity index is 1.65. The second kappa shape index (κ2) is 9.30. The molecule has 1 fully saturated rings. The van der Waals surface area contributed by atoms with E-state index in [1.165, 1.54) is 29.9 Å². The predicted molar refractivity (Wildman–Crippen MR) is 127 cm³/mol. The summed E-state index contributed by atoms with van der Waals surface area (Å²) in [6.45, 7) is 8.27. The van der Waals surface area contributed by atoms with Crippen LogP contribution < -0.4 is 14.5 Å². The van der Waals surface area contributed by atoms with Gasteiger partial charge in [-0.1, -0.05) is 19.1 Å². The van der Waals surface area contributed by atoms with E-state index in [4.69, 9.17) is 0 Å². The summed E-state index contributed by atoms with van der Waals surface area (Å²) in [6.07, 6.45) is 3.62. The average molecular weight is 444 g/mol. The average Bonchev–Trinajstić information content (AvgIpc) is 2.73. The third kappa shape index (κ3) is 5.58. The molecular weight excluding hydrogens is 410 g/mol. The molecule has 0 bridgehead atoms. The van der Waals surface area contributed by atoms with Gasteiger partial charge in [-0.25, -0.2) is 8.42 Å². The number of nitrogens with zero attached hydrogens (tertiary/aromatic N) is 2. The molecule has 6 nitrogen and oxygen atoms in total. The van der Waals surface area contributed by atoms with Crippen molar-refractivity contribution in [1.29, 1.82) is 0 Å². The van der Waals surface area contributed by atoms with Gasteiger partial charge in [-0.2, -0.15) is 0 Å². The summed E-state index contributed by atoms with van der Waals surface area (Å²) in [7, 11) is -1.84. The van der Waals surface area contributed by atoms with Crippen LogP contribution in [0, 0.1) is 12.8 Å². The summed E-state index contributed by atoms with van der Waals surface area (Å²) in [5.41, 5.74) is 4.08. The highest BCUT2D eigenvalue weighted by Gasteiger charge is 2.18. The zero-order chi connectivity index (χ0) is 22.8. The SMILES string of the molecule is Cc1cc(C(=O)NC(C)c2ccc(N3CCC(C)CC3)cc2)ccc1N(C)S(C)(=O)=O. The largest absolute Gasteiger partial charge is 0.372 e. The van der Waals surface area contributed by atoms with Crippen molar-refractivity contribution in [3.8, 4) is 0 Å². The predicted octanol–water partition coefficient (Wildman–Crippen LogP) is 4.12. The maximum absolute atomic E-state index is 12.8. The van der Waals surface area contributed by atoms with Crippen LogP contribution in [0.4, 0.5) is 11.4 Å². The van der Waals surface area contributed by atoms with Crippen molar-refractivity contribution in [2.24, 2.45) is 5.92 Å². The molecule has 1 aliphatic heterocycles. The van der Waals surface area contributed by atoms with E-state index >= 15 is 0 Å². The molecule has 0 radical (unpaired) electrons. The lowest BCUT2D eigenvalue weighted by molar-refractivity contribution is 0.0940. The highest BCUT2D eigenvalue weighted by Crippen LogP contribution is 2.25. The van der Waals surface area contributed by atoms with E-state index in [-0.39, 0.29) is 11.9 Å². The van der Waals surface area contributed by atoms with Gasteiger partial charge in [0.05, 0.1) is 18.0 Å². The summed E-state index contributed by atoms with van der Waals surface area (Å²) in [5.74, 6) is 0.619. The molecule has 168 valence electrons. The maximum Gasteiger partial charge on any atom is 0.251 e. The molecule has 1 atom stereocenters. The van der Waals surface area contributed by atoms with Gasteiger partial charge < -0.3 is 10.2 Å². The highest BCUT2D eigenvalue weighted by molar-refractivity contribution is 7.92. The van der Waals surface area contributed by atoms with Crippen LogP contribution in [0.25, 0.3) is 0 Å². The molecule has 1 amide bonds. The Bertz CT molecular complexity index is 1030. The van der Waals surface area contributed by atoms with Gasteiger partial charge in [-0.15, -0.1) is 0 Å². The first-order valence-corrected chi connectivity index (χ1v) is 12.6. The number of benzene rings is 2. The fourth-order valence-corrected chi connectivity index (χ4v) is 4.49. The Morgan fingerprint density at radius 1 is 1.13 bits per heavy atom.